The minimum absolute atomic E-state index is 0.0771. The van der Waals surface area contributed by atoms with E-state index in [2.05, 4.69) is 11.8 Å². The van der Waals surface area contributed by atoms with Gasteiger partial charge >= 0.3 is 0 Å². The molecule has 1 aliphatic heterocycles. The molecule has 1 aromatic carbocycles. The monoisotopic (exact) mass is 310 g/mol. The van der Waals surface area contributed by atoms with E-state index in [1.165, 1.54) is 0 Å². The number of likely N-dealkylation sites (N-methyl/N-ethyl adjacent to an activating group) is 1. The Morgan fingerprint density at radius 3 is 2.57 bits per heavy atom. The zero-order valence-electron chi connectivity index (χ0n) is 12.7. The van der Waals surface area contributed by atoms with Crippen LogP contribution in [0.1, 0.15) is 20.3 Å². The van der Waals surface area contributed by atoms with Crippen molar-refractivity contribution in [2.75, 3.05) is 32.7 Å². The van der Waals surface area contributed by atoms with E-state index in [4.69, 9.17) is 16.3 Å². The molecule has 1 fully saturated rings. The number of amides is 1. The zero-order valence-corrected chi connectivity index (χ0v) is 13.5. The van der Waals surface area contributed by atoms with Gasteiger partial charge in [0.15, 0.2) is 6.10 Å². The van der Waals surface area contributed by atoms with Crippen LogP contribution >= 0.6 is 11.6 Å². The number of hydrogen-bond acceptors (Lipinski definition) is 3. The number of piperazine rings is 1. The molecule has 1 saturated heterocycles. The third-order valence-electron chi connectivity index (χ3n) is 3.85. The summed E-state index contributed by atoms with van der Waals surface area (Å²) in [5.74, 6) is 0.725. The van der Waals surface area contributed by atoms with Gasteiger partial charge in [-0.05, 0) is 31.2 Å². The van der Waals surface area contributed by atoms with Crippen LogP contribution in [-0.4, -0.2) is 54.5 Å². The van der Waals surface area contributed by atoms with Crippen molar-refractivity contribution in [1.29, 1.82) is 0 Å². The molecule has 1 atom stereocenters. The fourth-order valence-electron chi connectivity index (χ4n) is 2.50. The molecule has 2 rings (SSSR count). The van der Waals surface area contributed by atoms with Crippen molar-refractivity contribution in [3.8, 4) is 5.75 Å². The predicted octanol–water partition coefficient (Wildman–Crippen LogP) is 2.66. The molecule has 116 valence electrons. The molecule has 1 heterocycles. The van der Waals surface area contributed by atoms with Crippen LogP contribution in [0.5, 0.6) is 5.75 Å². The second-order valence-corrected chi connectivity index (χ2v) is 5.67. The summed E-state index contributed by atoms with van der Waals surface area (Å²) in [6.45, 7) is 8.60. The van der Waals surface area contributed by atoms with Gasteiger partial charge in [-0.1, -0.05) is 31.5 Å². The molecule has 5 heteroatoms. The number of carbonyl (C=O) groups is 1. The van der Waals surface area contributed by atoms with Gasteiger partial charge < -0.3 is 14.5 Å². The Kier molecular flexibility index (Phi) is 5.88. The van der Waals surface area contributed by atoms with E-state index in [1.54, 1.807) is 12.1 Å². The largest absolute Gasteiger partial charge is 0.481 e. The summed E-state index contributed by atoms with van der Waals surface area (Å²) in [5.41, 5.74) is 0. The van der Waals surface area contributed by atoms with Crippen molar-refractivity contribution >= 4 is 17.5 Å². The molecule has 1 aliphatic rings. The van der Waals surface area contributed by atoms with E-state index < -0.39 is 6.10 Å². The Morgan fingerprint density at radius 1 is 1.29 bits per heavy atom. The lowest BCUT2D eigenvalue weighted by Crippen LogP contribution is -2.52. The fourth-order valence-corrected chi connectivity index (χ4v) is 2.68. The summed E-state index contributed by atoms with van der Waals surface area (Å²) < 4.78 is 5.82. The highest BCUT2D eigenvalue weighted by atomic mass is 35.5. The number of rotatable bonds is 5. The number of ether oxygens (including phenoxy) is 1. The second-order valence-electron chi connectivity index (χ2n) is 5.23. The molecular formula is C16H23ClN2O2. The third kappa shape index (κ3) is 4.35. The highest BCUT2D eigenvalue weighted by molar-refractivity contribution is 6.30. The molecule has 1 aromatic rings. The number of carbonyl (C=O) groups excluding carboxylic acids is 1. The first-order valence-corrected chi connectivity index (χ1v) is 7.95. The molecule has 0 unspecified atom stereocenters. The molecule has 0 spiro atoms. The quantitative estimate of drug-likeness (QED) is 0.838. The van der Waals surface area contributed by atoms with Crippen LogP contribution in [0.15, 0.2) is 24.3 Å². The van der Waals surface area contributed by atoms with Crippen molar-refractivity contribution in [2.24, 2.45) is 0 Å². The van der Waals surface area contributed by atoms with Gasteiger partial charge in [0, 0.05) is 31.2 Å². The molecule has 0 aliphatic carbocycles. The summed E-state index contributed by atoms with van der Waals surface area (Å²) in [7, 11) is 0. The smallest absolute Gasteiger partial charge is 0.263 e. The van der Waals surface area contributed by atoms with E-state index in [0.717, 1.165) is 32.7 Å². The minimum Gasteiger partial charge on any atom is -0.481 e. The normalized spacial score (nSPS) is 17.6. The highest BCUT2D eigenvalue weighted by Gasteiger charge is 2.27. The van der Waals surface area contributed by atoms with E-state index in [1.807, 2.05) is 24.0 Å². The first-order valence-electron chi connectivity index (χ1n) is 7.57. The van der Waals surface area contributed by atoms with E-state index >= 15 is 0 Å². The summed E-state index contributed by atoms with van der Waals surface area (Å²) in [6.07, 6.45) is 0.218. The van der Waals surface area contributed by atoms with Crippen LogP contribution in [-0.2, 0) is 4.79 Å². The van der Waals surface area contributed by atoms with Crippen molar-refractivity contribution in [1.82, 2.24) is 9.80 Å². The van der Waals surface area contributed by atoms with Crippen LogP contribution in [0.4, 0.5) is 0 Å². The number of halogens is 1. The van der Waals surface area contributed by atoms with Gasteiger partial charge in [-0.25, -0.2) is 0 Å². The molecule has 0 N–H and O–H groups in total. The van der Waals surface area contributed by atoms with Crippen molar-refractivity contribution in [2.45, 2.75) is 26.4 Å². The molecule has 0 saturated carbocycles. The number of benzene rings is 1. The summed E-state index contributed by atoms with van der Waals surface area (Å²) >= 11 is 5.95. The molecule has 0 radical (unpaired) electrons. The van der Waals surface area contributed by atoms with Gasteiger partial charge in [0.05, 0.1) is 0 Å². The maximum atomic E-state index is 12.6. The molecule has 1 amide bonds. The second kappa shape index (κ2) is 7.66. The maximum Gasteiger partial charge on any atom is 0.263 e. The van der Waals surface area contributed by atoms with Crippen LogP contribution in [0.2, 0.25) is 5.02 Å². The van der Waals surface area contributed by atoms with E-state index in [0.29, 0.717) is 17.2 Å². The average Bonchev–Trinajstić information content (AvgIpc) is 2.52. The van der Waals surface area contributed by atoms with Gasteiger partial charge in [-0.15, -0.1) is 0 Å². The Labute approximate surface area is 131 Å². The van der Waals surface area contributed by atoms with Crippen molar-refractivity contribution in [3.63, 3.8) is 0 Å². The Balaban J connectivity index is 1.96. The van der Waals surface area contributed by atoms with Crippen molar-refractivity contribution in [3.05, 3.63) is 29.3 Å². The molecule has 0 bridgehead atoms. The predicted molar refractivity (Wildman–Crippen MR) is 84.9 cm³/mol. The van der Waals surface area contributed by atoms with Gasteiger partial charge in [0.1, 0.15) is 5.75 Å². The lowest BCUT2D eigenvalue weighted by molar-refractivity contribution is -0.140. The SMILES string of the molecule is CC[C@@H](Oc1cccc(Cl)c1)C(=O)N1CCN(CC)CC1. The Bertz CT molecular complexity index is 473. The van der Waals surface area contributed by atoms with Gasteiger partial charge in [-0.3, -0.25) is 4.79 Å². The number of hydrogen-bond donors (Lipinski definition) is 0. The van der Waals surface area contributed by atoms with E-state index in [9.17, 15) is 4.79 Å². The Hall–Kier alpha value is -1.26. The maximum absolute atomic E-state index is 12.6. The molecular weight excluding hydrogens is 288 g/mol. The van der Waals surface area contributed by atoms with Gasteiger partial charge in [-0.2, -0.15) is 0 Å². The van der Waals surface area contributed by atoms with Gasteiger partial charge in [0.25, 0.3) is 5.91 Å². The van der Waals surface area contributed by atoms with Crippen molar-refractivity contribution < 1.29 is 9.53 Å². The van der Waals surface area contributed by atoms with Crippen LogP contribution in [0.3, 0.4) is 0 Å². The summed E-state index contributed by atoms with van der Waals surface area (Å²) in [4.78, 5) is 16.8. The third-order valence-corrected chi connectivity index (χ3v) is 4.09. The molecule has 0 aromatic heterocycles. The fraction of sp³-hybridized carbons (Fsp3) is 0.562. The highest BCUT2D eigenvalue weighted by Crippen LogP contribution is 2.20. The van der Waals surface area contributed by atoms with E-state index in [-0.39, 0.29) is 5.91 Å². The lowest BCUT2D eigenvalue weighted by atomic mass is 10.2. The first-order chi connectivity index (χ1) is 10.1. The zero-order chi connectivity index (χ0) is 15.2. The molecule has 4 nitrogen and oxygen atoms in total. The molecule has 21 heavy (non-hydrogen) atoms. The van der Waals surface area contributed by atoms with Gasteiger partial charge in [0.2, 0.25) is 0 Å². The number of nitrogens with zero attached hydrogens (tertiary/aromatic N) is 2. The summed E-state index contributed by atoms with van der Waals surface area (Å²) in [5, 5.41) is 0.617. The minimum atomic E-state index is -0.434. The standard InChI is InChI=1S/C16H23ClN2O2/c1-3-15(21-14-7-5-6-13(17)12-14)16(20)19-10-8-18(4-2)9-11-19/h5-7,12,15H,3-4,8-11H2,1-2H3/t15-/m1/s1. The lowest BCUT2D eigenvalue weighted by Gasteiger charge is -2.35. The van der Waals surface area contributed by atoms with Crippen LogP contribution < -0.4 is 4.74 Å². The first kappa shape index (κ1) is 16.1. The summed E-state index contributed by atoms with van der Waals surface area (Å²) in [6, 6.07) is 7.19. The Morgan fingerprint density at radius 2 is 2.00 bits per heavy atom. The topological polar surface area (TPSA) is 32.8 Å². The average molecular weight is 311 g/mol. The van der Waals surface area contributed by atoms with Crippen LogP contribution in [0.25, 0.3) is 0 Å². The van der Waals surface area contributed by atoms with Crippen LogP contribution in [0, 0.1) is 0 Å².